The fourth-order valence-corrected chi connectivity index (χ4v) is 3.46. The average molecular weight is 371 g/mol. The van der Waals surface area contributed by atoms with Crippen LogP contribution in [0.3, 0.4) is 0 Å². The summed E-state index contributed by atoms with van der Waals surface area (Å²) in [7, 11) is 3.60. The van der Waals surface area contributed by atoms with Gasteiger partial charge in [-0.25, -0.2) is 4.98 Å². The third kappa shape index (κ3) is 2.86. The predicted molar refractivity (Wildman–Crippen MR) is 102 cm³/mol. The number of hydrogen-bond acceptors (Lipinski definition) is 4. The summed E-state index contributed by atoms with van der Waals surface area (Å²) in [5.41, 5.74) is 2.84. The number of carbonyl (C=O) groups is 1. The van der Waals surface area contributed by atoms with E-state index in [4.69, 9.17) is 21.3 Å². The first-order valence-electron chi connectivity index (χ1n) is 8.40. The van der Waals surface area contributed by atoms with Crippen LogP contribution in [0.25, 0.3) is 11.0 Å². The highest BCUT2D eigenvalue weighted by Gasteiger charge is 2.30. The van der Waals surface area contributed by atoms with E-state index >= 15 is 0 Å². The second-order valence-electron chi connectivity index (χ2n) is 6.29. The number of amides is 1. The monoisotopic (exact) mass is 370 g/mol. The van der Waals surface area contributed by atoms with E-state index in [1.54, 1.807) is 7.05 Å². The Morgan fingerprint density at radius 3 is 2.96 bits per heavy atom. The highest BCUT2D eigenvalue weighted by Crippen LogP contribution is 2.34. The molecule has 1 aromatic heterocycles. The molecule has 0 aliphatic carbocycles. The van der Waals surface area contributed by atoms with Crippen LogP contribution in [0.15, 0.2) is 42.5 Å². The summed E-state index contributed by atoms with van der Waals surface area (Å²) in [6, 6.07) is 13.4. The largest absolute Gasteiger partial charge is 0.477 e. The average Bonchev–Trinajstić information content (AvgIpc) is 2.95. The van der Waals surface area contributed by atoms with Crippen molar-refractivity contribution in [3.8, 4) is 5.75 Å². The van der Waals surface area contributed by atoms with Crippen molar-refractivity contribution in [3.63, 3.8) is 0 Å². The summed E-state index contributed by atoms with van der Waals surface area (Å²) in [4.78, 5) is 19.0. The number of aryl methyl sites for hydroxylation is 1. The van der Waals surface area contributed by atoms with Crippen molar-refractivity contribution >= 4 is 34.2 Å². The lowest BCUT2D eigenvalue weighted by molar-refractivity contribution is -0.127. The molecule has 0 fully saturated rings. The summed E-state index contributed by atoms with van der Waals surface area (Å²) in [6.45, 7) is 1.03. The molecule has 2 heterocycles. The van der Waals surface area contributed by atoms with Gasteiger partial charge in [0.15, 0.2) is 6.10 Å². The van der Waals surface area contributed by atoms with Gasteiger partial charge in [0.25, 0.3) is 5.91 Å². The van der Waals surface area contributed by atoms with Crippen LogP contribution in [-0.4, -0.2) is 35.2 Å². The summed E-state index contributed by atoms with van der Waals surface area (Å²) in [5.74, 6) is 1.46. The molecule has 3 aromatic rings. The Morgan fingerprint density at radius 2 is 2.15 bits per heavy atom. The summed E-state index contributed by atoms with van der Waals surface area (Å²) < 4.78 is 7.91. The maximum absolute atomic E-state index is 12.1. The zero-order valence-electron chi connectivity index (χ0n) is 14.6. The van der Waals surface area contributed by atoms with Crippen molar-refractivity contribution in [3.05, 3.63) is 53.3 Å². The van der Waals surface area contributed by atoms with Crippen LogP contribution in [0.5, 0.6) is 5.75 Å². The molecule has 26 heavy (non-hydrogen) atoms. The molecule has 1 atom stereocenters. The van der Waals surface area contributed by atoms with Gasteiger partial charge in [-0.3, -0.25) is 4.79 Å². The van der Waals surface area contributed by atoms with Gasteiger partial charge in [0.05, 0.1) is 29.8 Å². The fraction of sp³-hybridized carbons (Fsp3) is 0.263. The van der Waals surface area contributed by atoms with Crippen LogP contribution in [0.1, 0.15) is 5.82 Å². The third-order valence-electron chi connectivity index (χ3n) is 4.67. The van der Waals surface area contributed by atoms with Gasteiger partial charge >= 0.3 is 0 Å². The van der Waals surface area contributed by atoms with E-state index < -0.39 is 6.10 Å². The van der Waals surface area contributed by atoms with Crippen molar-refractivity contribution in [1.29, 1.82) is 0 Å². The fourth-order valence-electron chi connectivity index (χ4n) is 3.29. The van der Waals surface area contributed by atoms with Crippen LogP contribution in [-0.2, 0) is 18.4 Å². The molecule has 0 unspecified atom stereocenters. The molecular formula is C19H19ClN4O2. The molecule has 1 aliphatic rings. The number of hydrogen-bond donors (Lipinski definition) is 1. The first-order chi connectivity index (χ1) is 12.6. The molecule has 134 valence electrons. The first-order valence-corrected chi connectivity index (χ1v) is 8.77. The number of carbonyl (C=O) groups excluding carboxylic acids is 1. The molecule has 1 amide bonds. The molecule has 1 N–H and O–H groups in total. The van der Waals surface area contributed by atoms with E-state index in [0.717, 1.165) is 22.5 Å². The number of rotatable bonds is 3. The van der Waals surface area contributed by atoms with Crippen molar-refractivity contribution in [2.75, 3.05) is 18.5 Å². The zero-order chi connectivity index (χ0) is 18.3. The molecule has 0 spiro atoms. The van der Waals surface area contributed by atoms with E-state index in [1.807, 2.05) is 49.5 Å². The van der Waals surface area contributed by atoms with E-state index in [9.17, 15) is 4.79 Å². The van der Waals surface area contributed by atoms with E-state index in [-0.39, 0.29) is 5.91 Å². The van der Waals surface area contributed by atoms with E-state index in [2.05, 4.69) is 14.8 Å². The Kier molecular flexibility index (Phi) is 4.20. The Hall–Kier alpha value is -2.73. The molecule has 0 saturated carbocycles. The number of aromatic nitrogens is 2. The lowest BCUT2D eigenvalue weighted by Gasteiger charge is -2.35. The topological polar surface area (TPSA) is 59.4 Å². The Balaban J connectivity index is 1.70. The SMILES string of the molecule is CNC(=O)[C@@H]1CN(Cc2nc3cc(Cl)ccc3n2C)c2ccccc2O1. The third-order valence-corrected chi connectivity index (χ3v) is 4.90. The molecule has 7 heteroatoms. The minimum Gasteiger partial charge on any atom is -0.477 e. The maximum Gasteiger partial charge on any atom is 0.262 e. The van der Waals surface area contributed by atoms with Gasteiger partial charge in [0, 0.05) is 19.1 Å². The van der Waals surface area contributed by atoms with Gasteiger partial charge < -0.3 is 19.5 Å². The lowest BCUT2D eigenvalue weighted by atomic mass is 10.1. The highest BCUT2D eigenvalue weighted by molar-refractivity contribution is 6.31. The Labute approximate surface area is 156 Å². The number of nitrogens with zero attached hydrogens (tertiary/aromatic N) is 3. The highest BCUT2D eigenvalue weighted by atomic mass is 35.5. The number of nitrogens with one attached hydrogen (secondary N) is 1. The molecule has 0 radical (unpaired) electrons. The number of anilines is 1. The van der Waals surface area contributed by atoms with Gasteiger partial charge in [0.1, 0.15) is 11.6 Å². The van der Waals surface area contributed by atoms with Crippen molar-refractivity contribution in [1.82, 2.24) is 14.9 Å². The number of para-hydroxylation sites is 2. The minimum atomic E-state index is -0.556. The lowest BCUT2D eigenvalue weighted by Crippen LogP contribution is -2.48. The maximum atomic E-state index is 12.1. The van der Waals surface area contributed by atoms with Gasteiger partial charge in [-0.05, 0) is 30.3 Å². The zero-order valence-corrected chi connectivity index (χ0v) is 15.3. The number of likely N-dealkylation sites (N-methyl/N-ethyl adjacent to an activating group) is 1. The predicted octanol–water partition coefficient (Wildman–Crippen LogP) is 2.74. The molecule has 0 saturated heterocycles. The second-order valence-corrected chi connectivity index (χ2v) is 6.73. The number of benzene rings is 2. The second kappa shape index (κ2) is 6.53. The smallest absolute Gasteiger partial charge is 0.262 e. The number of fused-ring (bicyclic) bond motifs is 2. The number of ether oxygens (including phenoxy) is 1. The number of halogens is 1. The molecular weight excluding hydrogens is 352 g/mol. The van der Waals surface area contributed by atoms with Crippen LogP contribution in [0.2, 0.25) is 5.02 Å². The molecule has 2 aromatic carbocycles. The summed E-state index contributed by atoms with van der Waals surface area (Å²) in [6.07, 6.45) is -0.556. The van der Waals surface area contributed by atoms with Gasteiger partial charge in [-0.15, -0.1) is 0 Å². The van der Waals surface area contributed by atoms with Gasteiger partial charge in [-0.1, -0.05) is 23.7 Å². The quantitative estimate of drug-likeness (QED) is 0.770. The Bertz CT molecular complexity index is 985. The number of imidazole rings is 1. The molecule has 6 nitrogen and oxygen atoms in total. The summed E-state index contributed by atoms with van der Waals surface area (Å²) in [5, 5.41) is 3.33. The van der Waals surface area contributed by atoms with Crippen molar-refractivity contribution < 1.29 is 9.53 Å². The van der Waals surface area contributed by atoms with Crippen LogP contribution in [0.4, 0.5) is 5.69 Å². The van der Waals surface area contributed by atoms with Crippen LogP contribution >= 0.6 is 11.6 Å². The van der Waals surface area contributed by atoms with E-state index in [1.165, 1.54) is 0 Å². The van der Waals surface area contributed by atoms with Crippen LogP contribution < -0.4 is 15.0 Å². The van der Waals surface area contributed by atoms with Gasteiger partial charge in [0.2, 0.25) is 0 Å². The van der Waals surface area contributed by atoms with Crippen molar-refractivity contribution in [2.45, 2.75) is 12.6 Å². The van der Waals surface area contributed by atoms with E-state index in [0.29, 0.717) is 23.9 Å². The Morgan fingerprint density at radius 1 is 1.35 bits per heavy atom. The first kappa shape index (κ1) is 16.7. The summed E-state index contributed by atoms with van der Waals surface area (Å²) >= 11 is 6.09. The molecule has 4 rings (SSSR count). The molecule has 0 bridgehead atoms. The normalized spacial score (nSPS) is 16.3. The standard InChI is InChI=1S/C19H19ClN4O2/c1-21-19(25)17-10-24(15-5-3-4-6-16(15)26-17)11-18-22-13-9-12(20)7-8-14(13)23(18)2/h3-9,17H,10-11H2,1-2H3,(H,21,25)/t17-/m0/s1. The minimum absolute atomic E-state index is 0.138. The molecule has 1 aliphatic heterocycles. The van der Waals surface area contributed by atoms with Gasteiger partial charge in [-0.2, -0.15) is 0 Å². The van der Waals surface area contributed by atoms with Crippen molar-refractivity contribution in [2.24, 2.45) is 7.05 Å². The van der Waals surface area contributed by atoms with Crippen LogP contribution in [0, 0.1) is 0 Å².